The lowest BCUT2D eigenvalue weighted by Crippen LogP contribution is -2.26. The number of nitrogens with one attached hydrogen (secondary N) is 1. The van der Waals surface area contributed by atoms with Gasteiger partial charge in [0.2, 0.25) is 0 Å². The molecule has 3 nitrogen and oxygen atoms in total. The van der Waals surface area contributed by atoms with Crippen LogP contribution in [0.25, 0.3) is 0 Å². The largest absolute Gasteiger partial charge is 0.381 e. The van der Waals surface area contributed by atoms with Crippen molar-refractivity contribution in [1.82, 2.24) is 5.32 Å². The van der Waals surface area contributed by atoms with E-state index in [1.165, 1.54) is 6.42 Å². The zero-order valence-electron chi connectivity index (χ0n) is 7.84. The van der Waals surface area contributed by atoms with Crippen molar-refractivity contribution in [3.8, 4) is 0 Å². The molecule has 0 aromatic carbocycles. The Morgan fingerprint density at radius 2 is 2.50 bits per heavy atom. The van der Waals surface area contributed by atoms with Gasteiger partial charge in [0, 0.05) is 26.3 Å². The molecule has 1 fully saturated rings. The summed E-state index contributed by atoms with van der Waals surface area (Å²) in [6.45, 7) is 7.57. The van der Waals surface area contributed by atoms with E-state index < -0.39 is 0 Å². The van der Waals surface area contributed by atoms with Crippen LogP contribution in [-0.2, 0) is 9.47 Å². The number of hydrogen-bond donors (Lipinski definition) is 1. The van der Waals surface area contributed by atoms with Gasteiger partial charge in [0.25, 0.3) is 0 Å². The topological polar surface area (TPSA) is 30.5 Å². The van der Waals surface area contributed by atoms with Crippen LogP contribution in [0.15, 0.2) is 0 Å². The Morgan fingerprint density at radius 3 is 3.17 bits per heavy atom. The summed E-state index contributed by atoms with van der Waals surface area (Å²) in [5.74, 6) is 0.728. The van der Waals surface area contributed by atoms with Crippen molar-refractivity contribution in [2.24, 2.45) is 5.92 Å². The van der Waals surface area contributed by atoms with E-state index in [-0.39, 0.29) is 0 Å². The van der Waals surface area contributed by atoms with Crippen molar-refractivity contribution in [2.45, 2.75) is 13.3 Å². The molecule has 1 aliphatic heterocycles. The summed E-state index contributed by atoms with van der Waals surface area (Å²) in [5.41, 5.74) is 0. The molecule has 1 aliphatic rings. The lowest BCUT2D eigenvalue weighted by atomic mass is 10.1. The van der Waals surface area contributed by atoms with Crippen LogP contribution in [0.2, 0.25) is 0 Å². The lowest BCUT2D eigenvalue weighted by Gasteiger charge is -2.08. The first kappa shape index (κ1) is 9.96. The van der Waals surface area contributed by atoms with Crippen molar-refractivity contribution in [2.75, 3.05) is 39.5 Å². The third kappa shape index (κ3) is 4.04. The second-order valence-corrected chi connectivity index (χ2v) is 3.13. The van der Waals surface area contributed by atoms with Gasteiger partial charge in [-0.2, -0.15) is 0 Å². The predicted octanol–water partition coefficient (Wildman–Crippen LogP) is 0.649. The molecule has 1 rings (SSSR count). The summed E-state index contributed by atoms with van der Waals surface area (Å²) in [6.07, 6.45) is 1.21. The minimum atomic E-state index is 0.728. The lowest BCUT2D eigenvalue weighted by molar-refractivity contribution is 0.147. The van der Waals surface area contributed by atoms with Gasteiger partial charge in [-0.15, -0.1) is 0 Å². The fraction of sp³-hybridized carbons (Fsp3) is 1.00. The molecule has 0 aliphatic carbocycles. The molecule has 0 spiro atoms. The van der Waals surface area contributed by atoms with Crippen LogP contribution in [0.5, 0.6) is 0 Å². The smallest absolute Gasteiger partial charge is 0.0590 e. The first-order chi connectivity index (χ1) is 5.93. The van der Waals surface area contributed by atoms with E-state index in [9.17, 15) is 0 Å². The van der Waals surface area contributed by atoms with Gasteiger partial charge in [0.05, 0.1) is 13.2 Å². The molecule has 1 N–H and O–H groups in total. The van der Waals surface area contributed by atoms with Crippen molar-refractivity contribution in [3.05, 3.63) is 0 Å². The monoisotopic (exact) mass is 173 g/mol. The van der Waals surface area contributed by atoms with Gasteiger partial charge in [-0.1, -0.05) is 0 Å². The van der Waals surface area contributed by atoms with E-state index in [0.29, 0.717) is 0 Å². The normalized spacial score (nSPS) is 23.2. The summed E-state index contributed by atoms with van der Waals surface area (Å²) >= 11 is 0. The van der Waals surface area contributed by atoms with E-state index in [0.717, 1.165) is 45.4 Å². The van der Waals surface area contributed by atoms with Crippen molar-refractivity contribution in [3.63, 3.8) is 0 Å². The molecule has 12 heavy (non-hydrogen) atoms. The minimum absolute atomic E-state index is 0.728. The molecule has 1 atom stereocenters. The Labute approximate surface area is 74.4 Å². The summed E-state index contributed by atoms with van der Waals surface area (Å²) in [5, 5.41) is 3.36. The number of hydrogen-bond acceptors (Lipinski definition) is 3. The third-order valence-corrected chi connectivity index (χ3v) is 2.08. The van der Waals surface area contributed by atoms with Crippen LogP contribution in [0, 0.1) is 5.92 Å². The second kappa shape index (κ2) is 6.40. The minimum Gasteiger partial charge on any atom is -0.381 e. The quantitative estimate of drug-likeness (QED) is 0.598. The molecule has 0 amide bonds. The zero-order valence-corrected chi connectivity index (χ0v) is 7.84. The van der Waals surface area contributed by atoms with Crippen LogP contribution in [-0.4, -0.2) is 39.5 Å². The number of ether oxygens (including phenoxy) is 2. The highest BCUT2D eigenvalue weighted by atomic mass is 16.5. The zero-order chi connectivity index (χ0) is 8.65. The van der Waals surface area contributed by atoms with Gasteiger partial charge in [-0.05, 0) is 19.3 Å². The van der Waals surface area contributed by atoms with Crippen LogP contribution in [0.3, 0.4) is 0 Å². The average molecular weight is 173 g/mol. The third-order valence-electron chi connectivity index (χ3n) is 2.08. The maximum atomic E-state index is 5.26. The van der Waals surface area contributed by atoms with Gasteiger partial charge >= 0.3 is 0 Å². The molecule has 0 saturated carbocycles. The van der Waals surface area contributed by atoms with E-state index in [1.807, 2.05) is 6.92 Å². The van der Waals surface area contributed by atoms with Gasteiger partial charge in [0.15, 0.2) is 0 Å². The molecule has 0 bridgehead atoms. The highest BCUT2D eigenvalue weighted by molar-refractivity contribution is 4.66. The molecular weight excluding hydrogens is 154 g/mol. The fourth-order valence-electron chi connectivity index (χ4n) is 1.34. The summed E-state index contributed by atoms with van der Waals surface area (Å²) in [4.78, 5) is 0. The maximum Gasteiger partial charge on any atom is 0.0590 e. The van der Waals surface area contributed by atoms with E-state index >= 15 is 0 Å². The molecule has 1 heterocycles. The van der Waals surface area contributed by atoms with E-state index in [4.69, 9.17) is 9.47 Å². The average Bonchev–Trinajstić information content (AvgIpc) is 2.57. The van der Waals surface area contributed by atoms with Gasteiger partial charge < -0.3 is 14.8 Å². The van der Waals surface area contributed by atoms with Crippen molar-refractivity contribution in [1.29, 1.82) is 0 Å². The van der Waals surface area contributed by atoms with Gasteiger partial charge in [0.1, 0.15) is 0 Å². The molecule has 0 radical (unpaired) electrons. The Bertz CT molecular complexity index is 103. The Kier molecular flexibility index (Phi) is 5.32. The predicted molar refractivity (Wildman–Crippen MR) is 48.3 cm³/mol. The molecule has 72 valence electrons. The van der Waals surface area contributed by atoms with Crippen LogP contribution in [0.1, 0.15) is 13.3 Å². The maximum absolute atomic E-state index is 5.26. The molecule has 0 aromatic heterocycles. The molecule has 0 aromatic rings. The molecule has 1 saturated heterocycles. The Hall–Kier alpha value is -0.120. The SMILES string of the molecule is CCOCCNCC1CCOC1. The van der Waals surface area contributed by atoms with Gasteiger partial charge in [-0.3, -0.25) is 0 Å². The van der Waals surface area contributed by atoms with Gasteiger partial charge in [-0.25, -0.2) is 0 Å². The highest BCUT2D eigenvalue weighted by Gasteiger charge is 2.14. The molecule has 1 unspecified atom stereocenters. The molecular formula is C9H19NO2. The van der Waals surface area contributed by atoms with E-state index in [2.05, 4.69) is 5.32 Å². The second-order valence-electron chi connectivity index (χ2n) is 3.13. The summed E-state index contributed by atoms with van der Waals surface area (Å²) in [7, 11) is 0. The van der Waals surface area contributed by atoms with Crippen LogP contribution >= 0.6 is 0 Å². The van der Waals surface area contributed by atoms with E-state index in [1.54, 1.807) is 0 Å². The summed E-state index contributed by atoms with van der Waals surface area (Å²) < 4.78 is 10.5. The molecule has 3 heteroatoms. The van der Waals surface area contributed by atoms with Crippen LogP contribution in [0.4, 0.5) is 0 Å². The van der Waals surface area contributed by atoms with Crippen LogP contribution < -0.4 is 5.32 Å². The Balaban J connectivity index is 1.81. The van der Waals surface area contributed by atoms with Crippen molar-refractivity contribution < 1.29 is 9.47 Å². The standard InChI is InChI=1S/C9H19NO2/c1-2-11-6-4-10-7-9-3-5-12-8-9/h9-10H,2-8H2,1H3. The first-order valence-corrected chi connectivity index (χ1v) is 4.79. The fourth-order valence-corrected chi connectivity index (χ4v) is 1.34. The number of rotatable bonds is 6. The first-order valence-electron chi connectivity index (χ1n) is 4.79. The highest BCUT2D eigenvalue weighted by Crippen LogP contribution is 2.10. The van der Waals surface area contributed by atoms with Crippen molar-refractivity contribution >= 4 is 0 Å². The Morgan fingerprint density at radius 1 is 1.58 bits per heavy atom. The summed E-state index contributed by atoms with van der Waals surface area (Å²) in [6, 6.07) is 0.